The van der Waals surface area contributed by atoms with E-state index in [2.05, 4.69) is 10.6 Å². The van der Waals surface area contributed by atoms with E-state index >= 15 is 0 Å². The van der Waals surface area contributed by atoms with Gasteiger partial charge in [-0.25, -0.2) is 4.79 Å². The first-order valence-corrected chi connectivity index (χ1v) is 9.05. The lowest BCUT2D eigenvalue weighted by molar-refractivity contribution is -0.123. The summed E-state index contributed by atoms with van der Waals surface area (Å²) in [4.78, 5) is 24.1. The molecule has 0 radical (unpaired) electrons. The summed E-state index contributed by atoms with van der Waals surface area (Å²) in [6.45, 7) is 2.03. The summed E-state index contributed by atoms with van der Waals surface area (Å²) in [5.41, 5.74) is 7.02. The molecule has 0 saturated heterocycles. The van der Waals surface area contributed by atoms with Gasteiger partial charge in [-0.1, -0.05) is 73.8 Å². The number of halogens is 1. The van der Waals surface area contributed by atoms with Crippen LogP contribution in [0, 0.1) is 0 Å². The molecule has 6 heteroatoms. The number of carbonyl (C=O) groups excluding carboxylic acids is 2. The second kappa shape index (κ2) is 9.82. The van der Waals surface area contributed by atoms with Gasteiger partial charge >= 0.3 is 6.03 Å². The minimum Gasteiger partial charge on any atom is -0.352 e. The molecule has 138 valence electrons. The van der Waals surface area contributed by atoms with Crippen molar-refractivity contribution in [2.75, 3.05) is 0 Å². The molecule has 2 aromatic rings. The number of nitrogens with one attached hydrogen (secondary N) is 2. The van der Waals surface area contributed by atoms with Gasteiger partial charge in [0, 0.05) is 5.02 Å². The zero-order valence-electron chi connectivity index (χ0n) is 14.7. The fourth-order valence-electron chi connectivity index (χ4n) is 2.78. The summed E-state index contributed by atoms with van der Waals surface area (Å²) in [6.07, 6.45) is 2.26. The second-order valence-corrected chi connectivity index (χ2v) is 6.55. The van der Waals surface area contributed by atoms with Crippen molar-refractivity contribution in [3.05, 3.63) is 70.7 Å². The first kappa shape index (κ1) is 19.8. The summed E-state index contributed by atoms with van der Waals surface area (Å²) in [5, 5.41) is 6.15. The van der Waals surface area contributed by atoms with Crippen LogP contribution in [0.1, 0.15) is 43.4 Å². The molecule has 26 heavy (non-hydrogen) atoms. The Bertz CT molecular complexity index is 737. The van der Waals surface area contributed by atoms with Crippen LogP contribution in [0.3, 0.4) is 0 Å². The van der Waals surface area contributed by atoms with Crippen LogP contribution >= 0.6 is 11.6 Å². The first-order chi connectivity index (χ1) is 12.5. The van der Waals surface area contributed by atoms with Crippen molar-refractivity contribution in [3.8, 4) is 0 Å². The molecule has 0 aliphatic rings. The predicted molar refractivity (Wildman–Crippen MR) is 104 cm³/mol. The number of unbranched alkanes of at least 4 members (excludes halogenated alkanes) is 1. The summed E-state index contributed by atoms with van der Waals surface area (Å²) >= 11 is 6.13. The SMILES string of the molecule is CCCCC(NC(N)=O)C(=O)NC(c1ccccc1)c1cccc(Cl)c1. The quantitative estimate of drug-likeness (QED) is 0.658. The molecule has 4 N–H and O–H groups in total. The highest BCUT2D eigenvalue weighted by molar-refractivity contribution is 6.30. The highest BCUT2D eigenvalue weighted by atomic mass is 35.5. The van der Waals surface area contributed by atoms with Gasteiger partial charge in [0.2, 0.25) is 5.91 Å². The topological polar surface area (TPSA) is 84.2 Å². The monoisotopic (exact) mass is 373 g/mol. The molecule has 0 heterocycles. The molecule has 0 aliphatic carbocycles. The van der Waals surface area contributed by atoms with E-state index in [0.717, 1.165) is 24.0 Å². The van der Waals surface area contributed by atoms with Crippen LogP contribution < -0.4 is 16.4 Å². The number of carbonyl (C=O) groups is 2. The third-order valence-electron chi connectivity index (χ3n) is 4.08. The van der Waals surface area contributed by atoms with Gasteiger partial charge in [0.25, 0.3) is 0 Å². The second-order valence-electron chi connectivity index (χ2n) is 6.11. The molecule has 0 saturated carbocycles. The van der Waals surface area contributed by atoms with Crippen molar-refractivity contribution in [2.45, 2.75) is 38.3 Å². The van der Waals surface area contributed by atoms with E-state index in [0.29, 0.717) is 11.4 Å². The number of rotatable bonds is 8. The van der Waals surface area contributed by atoms with Gasteiger partial charge in [-0.2, -0.15) is 0 Å². The van der Waals surface area contributed by atoms with Crippen LogP contribution in [-0.4, -0.2) is 18.0 Å². The highest BCUT2D eigenvalue weighted by Crippen LogP contribution is 2.24. The van der Waals surface area contributed by atoms with Crippen LogP contribution in [0.2, 0.25) is 5.02 Å². The molecule has 0 aromatic heterocycles. The first-order valence-electron chi connectivity index (χ1n) is 8.68. The number of urea groups is 1. The van der Waals surface area contributed by atoms with Gasteiger partial charge in [-0.15, -0.1) is 0 Å². The van der Waals surface area contributed by atoms with Crippen LogP contribution in [0.4, 0.5) is 4.79 Å². The van der Waals surface area contributed by atoms with E-state index in [9.17, 15) is 9.59 Å². The normalized spacial score (nSPS) is 12.8. The fourth-order valence-corrected chi connectivity index (χ4v) is 2.98. The number of nitrogens with two attached hydrogens (primary N) is 1. The smallest absolute Gasteiger partial charge is 0.312 e. The number of amides is 3. The standard InChI is InChI=1S/C20H24ClN3O2/c1-2-3-12-17(23-20(22)26)19(25)24-18(14-8-5-4-6-9-14)15-10-7-11-16(21)13-15/h4-11,13,17-18H,2-3,12H2,1H3,(H,24,25)(H3,22,23,26). The summed E-state index contributed by atoms with van der Waals surface area (Å²) in [5.74, 6) is -0.272. The molecule has 2 aromatic carbocycles. The van der Waals surface area contributed by atoms with E-state index in [1.807, 2.05) is 55.5 Å². The largest absolute Gasteiger partial charge is 0.352 e. The van der Waals surface area contributed by atoms with E-state index in [-0.39, 0.29) is 11.9 Å². The van der Waals surface area contributed by atoms with Gasteiger partial charge in [0.05, 0.1) is 6.04 Å². The third kappa shape index (κ3) is 5.77. The zero-order valence-corrected chi connectivity index (χ0v) is 15.5. The molecule has 2 rings (SSSR count). The van der Waals surface area contributed by atoms with Crippen molar-refractivity contribution < 1.29 is 9.59 Å². The van der Waals surface area contributed by atoms with Crippen molar-refractivity contribution in [3.63, 3.8) is 0 Å². The minimum absolute atomic E-state index is 0.272. The van der Waals surface area contributed by atoms with Crippen molar-refractivity contribution >= 4 is 23.5 Å². The maximum atomic E-state index is 12.8. The number of hydrogen-bond donors (Lipinski definition) is 3. The Labute approximate surface area is 158 Å². The highest BCUT2D eigenvalue weighted by Gasteiger charge is 2.24. The van der Waals surface area contributed by atoms with E-state index in [1.165, 1.54) is 0 Å². The summed E-state index contributed by atoms with van der Waals surface area (Å²) in [6, 6.07) is 15.2. The fraction of sp³-hybridized carbons (Fsp3) is 0.300. The molecule has 0 aliphatic heterocycles. The van der Waals surface area contributed by atoms with E-state index < -0.39 is 12.1 Å². The van der Waals surface area contributed by atoms with Crippen LogP contribution in [0.25, 0.3) is 0 Å². The van der Waals surface area contributed by atoms with E-state index in [1.54, 1.807) is 6.07 Å². The Morgan fingerprint density at radius 2 is 1.73 bits per heavy atom. The van der Waals surface area contributed by atoms with Crippen LogP contribution in [-0.2, 0) is 4.79 Å². The van der Waals surface area contributed by atoms with Crippen molar-refractivity contribution in [1.29, 1.82) is 0 Å². The number of primary amides is 1. The minimum atomic E-state index is -0.708. The zero-order chi connectivity index (χ0) is 18.9. The molecule has 0 spiro atoms. The number of hydrogen-bond acceptors (Lipinski definition) is 2. The molecule has 5 nitrogen and oxygen atoms in total. The maximum Gasteiger partial charge on any atom is 0.312 e. The Morgan fingerprint density at radius 3 is 2.35 bits per heavy atom. The summed E-state index contributed by atoms with van der Waals surface area (Å²) in [7, 11) is 0. The Morgan fingerprint density at radius 1 is 1.04 bits per heavy atom. The van der Waals surface area contributed by atoms with Crippen LogP contribution in [0.5, 0.6) is 0 Å². The van der Waals surface area contributed by atoms with Gasteiger partial charge in [0.1, 0.15) is 6.04 Å². The third-order valence-corrected chi connectivity index (χ3v) is 4.32. The van der Waals surface area contributed by atoms with Crippen molar-refractivity contribution in [1.82, 2.24) is 10.6 Å². The Kier molecular flexibility index (Phi) is 7.48. The molecule has 0 bridgehead atoms. The van der Waals surface area contributed by atoms with Gasteiger partial charge in [0.15, 0.2) is 0 Å². The molecular formula is C20H24ClN3O2. The lowest BCUT2D eigenvalue weighted by Crippen LogP contribution is -2.49. The van der Waals surface area contributed by atoms with E-state index in [4.69, 9.17) is 17.3 Å². The summed E-state index contributed by atoms with van der Waals surface area (Å²) < 4.78 is 0. The number of benzene rings is 2. The lowest BCUT2D eigenvalue weighted by atomic mass is 9.98. The maximum absolute atomic E-state index is 12.8. The van der Waals surface area contributed by atoms with Crippen LogP contribution in [0.15, 0.2) is 54.6 Å². The van der Waals surface area contributed by atoms with Crippen molar-refractivity contribution in [2.24, 2.45) is 5.73 Å². The molecule has 2 unspecified atom stereocenters. The lowest BCUT2D eigenvalue weighted by Gasteiger charge is -2.24. The average molecular weight is 374 g/mol. The van der Waals surface area contributed by atoms with Gasteiger partial charge in [-0.05, 0) is 29.7 Å². The predicted octanol–water partition coefficient (Wildman–Crippen LogP) is 3.77. The Hall–Kier alpha value is -2.53. The Balaban J connectivity index is 2.27. The average Bonchev–Trinajstić information content (AvgIpc) is 2.63. The molecule has 0 fully saturated rings. The molecular weight excluding hydrogens is 350 g/mol. The molecule has 2 atom stereocenters. The molecule has 3 amide bonds. The van der Waals surface area contributed by atoms with Gasteiger partial charge in [-0.3, -0.25) is 4.79 Å². The van der Waals surface area contributed by atoms with Gasteiger partial charge < -0.3 is 16.4 Å².